The summed E-state index contributed by atoms with van der Waals surface area (Å²) in [5, 5.41) is 0. The normalized spacial score (nSPS) is 29.4. The summed E-state index contributed by atoms with van der Waals surface area (Å²) in [5.74, 6) is 0.0395. The quantitative estimate of drug-likeness (QED) is 0.861. The number of ether oxygens (including phenoxy) is 1. The second-order valence-electron chi connectivity index (χ2n) is 5.48. The summed E-state index contributed by atoms with van der Waals surface area (Å²) in [5.41, 5.74) is 0. The number of likely N-dealkylation sites (tertiary alicyclic amines) is 1. The van der Waals surface area contributed by atoms with Crippen molar-refractivity contribution in [1.29, 1.82) is 0 Å². The van der Waals surface area contributed by atoms with Crippen LogP contribution in [0.15, 0.2) is 22.8 Å². The average molecular weight is 314 g/mol. The fraction of sp³-hybridized carbons (Fsp3) is 0.615. The van der Waals surface area contributed by atoms with Crippen LogP contribution in [0.3, 0.4) is 0 Å². The minimum atomic E-state index is -3.35. The molecule has 1 aromatic rings. The molecule has 0 unspecified atom stereocenters. The topological polar surface area (TPSA) is 88.9 Å². The van der Waals surface area contributed by atoms with Gasteiger partial charge in [0.15, 0.2) is 5.76 Å². The molecule has 1 N–H and O–H groups in total. The smallest absolute Gasteiger partial charge is 0.289 e. The van der Waals surface area contributed by atoms with Gasteiger partial charge in [-0.15, -0.1) is 0 Å². The summed E-state index contributed by atoms with van der Waals surface area (Å²) < 4.78 is 36.4. The molecule has 8 heteroatoms. The predicted octanol–water partition coefficient (Wildman–Crippen LogP) is 0.201. The zero-order valence-electron chi connectivity index (χ0n) is 11.7. The number of nitrogens with zero attached hydrogens (tertiary/aromatic N) is 1. The molecule has 0 saturated carbocycles. The number of carbonyl (C=O) groups is 1. The lowest BCUT2D eigenvalue weighted by Gasteiger charge is -2.31. The van der Waals surface area contributed by atoms with Gasteiger partial charge >= 0.3 is 0 Å². The maximum atomic E-state index is 12.5. The SMILES string of the molecule is CS(=O)(=O)N[C@@H]1CN(C(=O)c2ccco2)[C@@H]2CCCO[C@@H]21. The lowest BCUT2D eigenvalue weighted by Crippen LogP contribution is -2.47. The number of amides is 1. The molecular formula is C13H18N2O5S. The van der Waals surface area contributed by atoms with Gasteiger partial charge in [0, 0.05) is 13.2 Å². The van der Waals surface area contributed by atoms with Crippen molar-refractivity contribution in [3.63, 3.8) is 0 Å². The Hall–Kier alpha value is -1.38. The first-order valence-electron chi connectivity index (χ1n) is 6.89. The fourth-order valence-corrected chi connectivity index (χ4v) is 3.87. The van der Waals surface area contributed by atoms with Gasteiger partial charge in [-0.3, -0.25) is 4.79 Å². The van der Waals surface area contributed by atoms with Gasteiger partial charge in [-0.2, -0.15) is 0 Å². The Bertz CT molecular complexity index is 613. The van der Waals surface area contributed by atoms with Crippen LogP contribution in [0.2, 0.25) is 0 Å². The third kappa shape index (κ3) is 2.97. The molecule has 1 aromatic heterocycles. The van der Waals surface area contributed by atoms with Gasteiger partial charge in [0.25, 0.3) is 5.91 Å². The van der Waals surface area contributed by atoms with Crippen LogP contribution in [0, 0.1) is 0 Å². The zero-order chi connectivity index (χ0) is 15.0. The Morgan fingerprint density at radius 1 is 1.48 bits per heavy atom. The number of rotatable bonds is 3. The van der Waals surface area contributed by atoms with Crippen molar-refractivity contribution in [3.05, 3.63) is 24.2 Å². The molecule has 3 heterocycles. The van der Waals surface area contributed by atoms with Gasteiger partial charge in [0.2, 0.25) is 10.0 Å². The van der Waals surface area contributed by atoms with Crippen molar-refractivity contribution in [2.45, 2.75) is 31.0 Å². The average Bonchev–Trinajstić information content (AvgIpc) is 3.05. The van der Waals surface area contributed by atoms with Crippen molar-refractivity contribution in [2.24, 2.45) is 0 Å². The summed E-state index contributed by atoms with van der Waals surface area (Å²) in [4.78, 5) is 14.1. The standard InChI is InChI=1S/C13H18N2O5S/c1-21(17,18)14-9-8-15(10-4-2-7-20-12(9)10)13(16)11-5-3-6-19-11/h3,5-6,9-10,12,14H,2,4,7-8H2,1H3/t9-,10-,12-/m1/s1. The van der Waals surface area contributed by atoms with E-state index in [0.29, 0.717) is 13.2 Å². The molecule has 0 aliphatic carbocycles. The predicted molar refractivity (Wildman–Crippen MR) is 74.3 cm³/mol. The Balaban J connectivity index is 1.83. The molecule has 2 aliphatic heterocycles. The number of fused-ring (bicyclic) bond motifs is 1. The monoisotopic (exact) mass is 314 g/mol. The lowest BCUT2D eigenvalue weighted by atomic mass is 10.0. The molecule has 2 aliphatic rings. The van der Waals surface area contributed by atoms with E-state index in [0.717, 1.165) is 19.1 Å². The number of furan rings is 1. The van der Waals surface area contributed by atoms with Crippen molar-refractivity contribution in [3.8, 4) is 0 Å². The molecule has 7 nitrogen and oxygen atoms in total. The number of sulfonamides is 1. The highest BCUT2D eigenvalue weighted by Crippen LogP contribution is 2.30. The van der Waals surface area contributed by atoms with Gasteiger partial charge in [-0.1, -0.05) is 0 Å². The van der Waals surface area contributed by atoms with Crippen LogP contribution < -0.4 is 4.72 Å². The fourth-order valence-electron chi connectivity index (χ4n) is 3.11. The molecule has 0 radical (unpaired) electrons. The first kappa shape index (κ1) is 14.6. The molecule has 2 saturated heterocycles. The van der Waals surface area contributed by atoms with Gasteiger partial charge in [-0.25, -0.2) is 13.1 Å². The number of hydrogen-bond donors (Lipinski definition) is 1. The largest absolute Gasteiger partial charge is 0.459 e. The van der Waals surface area contributed by atoms with Gasteiger partial charge < -0.3 is 14.1 Å². The second-order valence-corrected chi connectivity index (χ2v) is 7.26. The van der Waals surface area contributed by atoms with Crippen molar-refractivity contribution >= 4 is 15.9 Å². The highest BCUT2D eigenvalue weighted by atomic mass is 32.2. The van der Waals surface area contributed by atoms with Crippen LogP contribution in [-0.2, 0) is 14.8 Å². The minimum Gasteiger partial charge on any atom is -0.459 e. The van der Waals surface area contributed by atoms with E-state index in [1.165, 1.54) is 6.26 Å². The van der Waals surface area contributed by atoms with E-state index in [9.17, 15) is 13.2 Å². The van der Waals surface area contributed by atoms with E-state index in [1.807, 2.05) is 0 Å². The van der Waals surface area contributed by atoms with Crippen LogP contribution in [0.1, 0.15) is 23.4 Å². The van der Waals surface area contributed by atoms with Crippen LogP contribution in [-0.4, -0.2) is 56.8 Å². The third-order valence-corrected chi connectivity index (χ3v) is 4.61. The Morgan fingerprint density at radius 2 is 2.29 bits per heavy atom. The first-order chi connectivity index (χ1) is 9.96. The Morgan fingerprint density at radius 3 is 2.95 bits per heavy atom. The molecule has 0 aromatic carbocycles. The molecule has 21 heavy (non-hydrogen) atoms. The van der Waals surface area contributed by atoms with Crippen LogP contribution in [0.25, 0.3) is 0 Å². The molecule has 3 atom stereocenters. The van der Waals surface area contributed by atoms with E-state index in [2.05, 4.69) is 4.72 Å². The van der Waals surface area contributed by atoms with Crippen molar-refractivity contribution < 1.29 is 22.4 Å². The maximum Gasteiger partial charge on any atom is 0.289 e. The molecule has 3 rings (SSSR count). The van der Waals surface area contributed by atoms with Crippen molar-refractivity contribution in [2.75, 3.05) is 19.4 Å². The van der Waals surface area contributed by atoms with E-state index in [-0.39, 0.29) is 23.8 Å². The highest BCUT2D eigenvalue weighted by Gasteiger charge is 2.47. The first-order valence-corrected chi connectivity index (χ1v) is 8.78. The maximum absolute atomic E-state index is 12.5. The number of nitrogens with one attached hydrogen (secondary N) is 1. The Labute approximate surface area is 123 Å². The molecule has 0 bridgehead atoms. The summed E-state index contributed by atoms with van der Waals surface area (Å²) in [6, 6.07) is 2.74. The van der Waals surface area contributed by atoms with Gasteiger partial charge in [-0.05, 0) is 25.0 Å². The summed E-state index contributed by atoms with van der Waals surface area (Å²) in [6.07, 6.45) is 3.92. The van der Waals surface area contributed by atoms with Gasteiger partial charge in [0.05, 0.1) is 30.7 Å². The van der Waals surface area contributed by atoms with E-state index < -0.39 is 16.1 Å². The van der Waals surface area contributed by atoms with Gasteiger partial charge in [0.1, 0.15) is 0 Å². The van der Waals surface area contributed by atoms with E-state index >= 15 is 0 Å². The molecule has 0 spiro atoms. The Kier molecular flexibility index (Phi) is 3.76. The zero-order valence-corrected chi connectivity index (χ0v) is 12.5. The summed E-state index contributed by atoms with van der Waals surface area (Å²) in [6.45, 7) is 0.883. The molecule has 116 valence electrons. The lowest BCUT2D eigenvalue weighted by molar-refractivity contribution is -0.0160. The highest BCUT2D eigenvalue weighted by molar-refractivity contribution is 7.88. The summed E-state index contributed by atoms with van der Waals surface area (Å²) in [7, 11) is -3.35. The van der Waals surface area contributed by atoms with Crippen LogP contribution in [0.5, 0.6) is 0 Å². The number of carbonyl (C=O) groups excluding carboxylic acids is 1. The van der Waals surface area contributed by atoms with Crippen LogP contribution in [0.4, 0.5) is 0 Å². The van der Waals surface area contributed by atoms with Crippen LogP contribution >= 0.6 is 0 Å². The molecule has 2 fully saturated rings. The third-order valence-electron chi connectivity index (χ3n) is 3.88. The van der Waals surface area contributed by atoms with E-state index in [1.54, 1.807) is 17.0 Å². The number of hydrogen-bond acceptors (Lipinski definition) is 5. The second kappa shape index (κ2) is 5.43. The van der Waals surface area contributed by atoms with E-state index in [4.69, 9.17) is 9.15 Å². The molecular weight excluding hydrogens is 296 g/mol. The molecule has 1 amide bonds. The van der Waals surface area contributed by atoms with Crippen molar-refractivity contribution in [1.82, 2.24) is 9.62 Å². The summed E-state index contributed by atoms with van der Waals surface area (Å²) >= 11 is 0. The minimum absolute atomic E-state index is 0.115.